The number of ether oxygens (including phenoxy) is 4. The summed E-state index contributed by atoms with van der Waals surface area (Å²) in [6.45, 7) is 3.37. The second-order valence-corrected chi connectivity index (χ2v) is 5.22. The van der Waals surface area contributed by atoms with Gasteiger partial charge in [-0.15, -0.1) is 0 Å². The molecule has 24 heavy (non-hydrogen) atoms. The van der Waals surface area contributed by atoms with Crippen LogP contribution in [0.5, 0.6) is 0 Å². The zero-order valence-electron chi connectivity index (χ0n) is 14.5. The second-order valence-electron chi connectivity index (χ2n) is 5.22. The van der Waals surface area contributed by atoms with Crippen molar-refractivity contribution in [3.63, 3.8) is 0 Å². The van der Waals surface area contributed by atoms with Crippen molar-refractivity contribution in [2.75, 3.05) is 53.3 Å². The fraction of sp³-hybridized carbons (Fsp3) is 0.611. The summed E-state index contributed by atoms with van der Waals surface area (Å²) in [6.07, 6.45) is 2.60. The zero-order valence-corrected chi connectivity index (χ0v) is 14.5. The number of unbranched alkanes of at least 4 members (excludes halogenated alkanes) is 1. The van der Waals surface area contributed by atoms with Crippen LogP contribution in [-0.4, -0.2) is 59.4 Å². The third-order valence-electron chi connectivity index (χ3n) is 3.27. The summed E-state index contributed by atoms with van der Waals surface area (Å²) in [5.41, 5.74) is 1.32. The van der Waals surface area contributed by atoms with Gasteiger partial charge in [-0.05, 0) is 24.8 Å². The highest BCUT2D eigenvalue weighted by molar-refractivity contribution is 5.66. The number of methoxy groups -OCH3 is 1. The minimum Gasteiger partial charge on any atom is -0.447 e. The van der Waals surface area contributed by atoms with Gasteiger partial charge in [-0.2, -0.15) is 0 Å². The van der Waals surface area contributed by atoms with Gasteiger partial charge in [-0.1, -0.05) is 30.3 Å². The molecule has 6 heteroatoms. The van der Waals surface area contributed by atoms with Gasteiger partial charge in [-0.3, -0.25) is 0 Å². The van der Waals surface area contributed by atoms with Crippen LogP contribution in [0.15, 0.2) is 30.3 Å². The van der Waals surface area contributed by atoms with Crippen molar-refractivity contribution in [3.05, 3.63) is 35.9 Å². The van der Waals surface area contributed by atoms with Gasteiger partial charge in [0.2, 0.25) is 0 Å². The van der Waals surface area contributed by atoms with E-state index >= 15 is 0 Å². The average Bonchev–Trinajstić information content (AvgIpc) is 2.61. The van der Waals surface area contributed by atoms with Crippen molar-refractivity contribution >= 4 is 6.09 Å². The van der Waals surface area contributed by atoms with Gasteiger partial charge in [0, 0.05) is 13.7 Å². The van der Waals surface area contributed by atoms with E-state index in [4.69, 9.17) is 18.9 Å². The molecule has 0 aromatic heterocycles. The third-order valence-corrected chi connectivity index (χ3v) is 3.27. The van der Waals surface area contributed by atoms with E-state index in [1.165, 1.54) is 5.56 Å². The molecule has 6 nitrogen and oxygen atoms in total. The molecular formula is C18H29NO5. The van der Waals surface area contributed by atoms with Gasteiger partial charge in [0.05, 0.1) is 33.0 Å². The zero-order chi connectivity index (χ0) is 17.3. The predicted molar refractivity (Wildman–Crippen MR) is 92.2 cm³/mol. The summed E-state index contributed by atoms with van der Waals surface area (Å²) in [6, 6.07) is 10.3. The highest BCUT2D eigenvalue weighted by Crippen LogP contribution is 2.03. The molecule has 0 heterocycles. The van der Waals surface area contributed by atoms with Crippen molar-refractivity contribution < 1.29 is 23.7 Å². The van der Waals surface area contributed by atoms with E-state index < -0.39 is 6.09 Å². The molecule has 0 spiro atoms. The summed E-state index contributed by atoms with van der Waals surface area (Å²) in [5, 5.41) is 2.74. The van der Waals surface area contributed by atoms with Gasteiger partial charge in [0.15, 0.2) is 0 Å². The first kappa shape index (κ1) is 20.4. The minimum absolute atomic E-state index is 0.244. The quantitative estimate of drug-likeness (QED) is 0.527. The van der Waals surface area contributed by atoms with Crippen LogP contribution in [0.4, 0.5) is 4.79 Å². The third kappa shape index (κ3) is 11.9. The topological polar surface area (TPSA) is 66.0 Å². The van der Waals surface area contributed by atoms with E-state index in [0.29, 0.717) is 39.6 Å². The molecule has 0 aliphatic rings. The molecule has 1 aromatic rings. The summed E-state index contributed by atoms with van der Waals surface area (Å²) in [7, 11) is 1.63. The summed E-state index contributed by atoms with van der Waals surface area (Å²) < 4.78 is 20.4. The maximum atomic E-state index is 11.5. The molecule has 0 unspecified atom stereocenters. The first-order valence-electron chi connectivity index (χ1n) is 8.42. The standard InChI is InChI=1S/C18H29NO5/c1-21-11-12-22-13-14-23-15-16-24-18(20)19-10-6-5-9-17-7-3-2-4-8-17/h2-4,7-8H,5-6,9-16H2,1H3,(H,19,20). The van der Waals surface area contributed by atoms with Crippen molar-refractivity contribution in [3.8, 4) is 0 Å². The van der Waals surface area contributed by atoms with Crippen molar-refractivity contribution in [1.82, 2.24) is 5.32 Å². The van der Waals surface area contributed by atoms with Crippen LogP contribution in [0, 0.1) is 0 Å². The predicted octanol–water partition coefficient (Wildman–Crippen LogP) is 2.42. The number of benzene rings is 1. The number of alkyl carbamates (subject to hydrolysis) is 1. The molecule has 0 bridgehead atoms. The maximum Gasteiger partial charge on any atom is 0.407 e. The van der Waals surface area contributed by atoms with Gasteiger partial charge >= 0.3 is 6.09 Å². The molecule has 0 saturated carbocycles. The highest BCUT2D eigenvalue weighted by Gasteiger charge is 2.01. The first-order chi connectivity index (χ1) is 11.8. The van der Waals surface area contributed by atoms with Crippen LogP contribution in [0.2, 0.25) is 0 Å². The van der Waals surface area contributed by atoms with E-state index in [1.54, 1.807) is 7.11 Å². The lowest BCUT2D eigenvalue weighted by Gasteiger charge is -2.08. The van der Waals surface area contributed by atoms with E-state index in [-0.39, 0.29) is 6.61 Å². The molecular weight excluding hydrogens is 310 g/mol. The number of aryl methyl sites for hydroxylation is 1. The Morgan fingerprint density at radius 1 is 0.917 bits per heavy atom. The molecule has 1 rings (SSSR count). The minimum atomic E-state index is -0.394. The normalized spacial score (nSPS) is 10.5. The Balaban J connectivity index is 1.83. The Hall–Kier alpha value is -1.63. The SMILES string of the molecule is COCCOCCOCCOC(=O)NCCCCc1ccccc1. The van der Waals surface area contributed by atoms with Crippen molar-refractivity contribution in [1.29, 1.82) is 0 Å². The molecule has 136 valence electrons. The van der Waals surface area contributed by atoms with E-state index in [2.05, 4.69) is 17.4 Å². The Morgan fingerprint density at radius 2 is 1.58 bits per heavy atom. The van der Waals surface area contributed by atoms with E-state index in [9.17, 15) is 4.79 Å². The average molecular weight is 339 g/mol. The number of carbonyl (C=O) groups is 1. The number of rotatable bonds is 14. The number of nitrogens with one attached hydrogen (secondary N) is 1. The van der Waals surface area contributed by atoms with Crippen LogP contribution in [0.25, 0.3) is 0 Å². The Labute approximate surface area is 144 Å². The summed E-state index contributed by atoms with van der Waals surface area (Å²) >= 11 is 0. The largest absolute Gasteiger partial charge is 0.447 e. The molecule has 1 N–H and O–H groups in total. The number of carbonyl (C=O) groups excluding carboxylic acids is 1. The Bertz CT molecular complexity index is 413. The summed E-state index contributed by atoms with van der Waals surface area (Å²) in [5.74, 6) is 0. The van der Waals surface area contributed by atoms with Gasteiger partial charge < -0.3 is 24.3 Å². The number of hydrogen-bond acceptors (Lipinski definition) is 5. The second kappa shape index (κ2) is 14.9. The lowest BCUT2D eigenvalue weighted by molar-refractivity contribution is 0.0131. The molecule has 0 aliphatic carbocycles. The van der Waals surface area contributed by atoms with Crippen LogP contribution >= 0.6 is 0 Å². The first-order valence-corrected chi connectivity index (χ1v) is 8.42. The monoisotopic (exact) mass is 339 g/mol. The molecule has 0 atom stereocenters. The van der Waals surface area contributed by atoms with Gasteiger partial charge in [-0.25, -0.2) is 4.79 Å². The number of hydrogen-bond donors (Lipinski definition) is 1. The van der Waals surface area contributed by atoms with Crippen LogP contribution in [-0.2, 0) is 25.4 Å². The maximum absolute atomic E-state index is 11.5. The molecule has 0 radical (unpaired) electrons. The van der Waals surface area contributed by atoms with Crippen molar-refractivity contribution in [2.24, 2.45) is 0 Å². The van der Waals surface area contributed by atoms with Crippen LogP contribution < -0.4 is 5.32 Å². The Kier molecular flexibility index (Phi) is 12.7. The fourth-order valence-corrected chi connectivity index (χ4v) is 2.00. The molecule has 1 amide bonds. The van der Waals surface area contributed by atoms with Crippen LogP contribution in [0.1, 0.15) is 18.4 Å². The van der Waals surface area contributed by atoms with Crippen LogP contribution in [0.3, 0.4) is 0 Å². The number of amides is 1. The van der Waals surface area contributed by atoms with Gasteiger partial charge in [0.25, 0.3) is 0 Å². The molecule has 0 fully saturated rings. The van der Waals surface area contributed by atoms with Gasteiger partial charge in [0.1, 0.15) is 6.61 Å². The lowest BCUT2D eigenvalue weighted by Crippen LogP contribution is -2.26. The van der Waals surface area contributed by atoms with E-state index in [1.807, 2.05) is 18.2 Å². The smallest absolute Gasteiger partial charge is 0.407 e. The molecule has 0 aliphatic heterocycles. The molecule has 0 saturated heterocycles. The molecule has 1 aromatic carbocycles. The highest BCUT2D eigenvalue weighted by atomic mass is 16.6. The van der Waals surface area contributed by atoms with Crippen molar-refractivity contribution in [2.45, 2.75) is 19.3 Å². The lowest BCUT2D eigenvalue weighted by atomic mass is 10.1. The summed E-state index contributed by atoms with van der Waals surface area (Å²) in [4.78, 5) is 11.5. The Morgan fingerprint density at radius 3 is 2.29 bits per heavy atom. The fourth-order valence-electron chi connectivity index (χ4n) is 2.00. The van der Waals surface area contributed by atoms with E-state index in [0.717, 1.165) is 19.3 Å².